The Morgan fingerprint density at radius 3 is 2.59 bits per heavy atom. The average Bonchev–Trinajstić information content (AvgIpc) is 2.81. The lowest BCUT2D eigenvalue weighted by atomic mass is 10.1. The number of benzene rings is 2. The molecule has 168 valence electrons. The van der Waals surface area contributed by atoms with E-state index >= 15 is 0 Å². The molecule has 0 unspecified atom stereocenters. The molecule has 0 bridgehead atoms. The number of carbonyl (C=O) groups excluding carboxylic acids is 1. The number of nitrogens with one attached hydrogen (secondary N) is 1. The molecule has 0 fully saturated rings. The monoisotopic (exact) mass is 452 g/mol. The van der Waals surface area contributed by atoms with E-state index in [-0.39, 0.29) is 11.5 Å². The maximum Gasteiger partial charge on any atom is 0.253 e. The number of methoxy groups -OCH3 is 1. The van der Waals surface area contributed by atoms with Gasteiger partial charge in [0.05, 0.1) is 29.7 Å². The summed E-state index contributed by atoms with van der Waals surface area (Å²) in [5.41, 5.74) is 4.67. The number of pyridine rings is 1. The molecule has 32 heavy (non-hydrogen) atoms. The largest absolute Gasteiger partial charge is 0.497 e. The molecule has 2 aromatic carbocycles. The predicted molar refractivity (Wildman–Crippen MR) is 131 cm³/mol. The molecular weight excluding hydrogens is 424 g/mol. The third-order valence-electron chi connectivity index (χ3n) is 5.91. The second-order valence-electron chi connectivity index (χ2n) is 7.98. The van der Waals surface area contributed by atoms with Crippen LogP contribution in [-0.4, -0.2) is 37.7 Å². The van der Waals surface area contributed by atoms with Crippen molar-refractivity contribution < 1.29 is 9.53 Å². The maximum absolute atomic E-state index is 12.6. The zero-order valence-corrected chi connectivity index (χ0v) is 19.9. The van der Waals surface area contributed by atoms with E-state index in [0.717, 1.165) is 46.0 Å². The minimum Gasteiger partial charge on any atom is -0.497 e. The van der Waals surface area contributed by atoms with Crippen molar-refractivity contribution in [3.8, 4) is 5.75 Å². The Morgan fingerprint density at radius 1 is 1.09 bits per heavy atom. The first kappa shape index (κ1) is 22.1. The number of fused-ring (bicyclic) bond motifs is 2. The van der Waals surface area contributed by atoms with Gasteiger partial charge in [-0.25, -0.2) is 0 Å². The Morgan fingerprint density at radius 2 is 1.88 bits per heavy atom. The highest BCUT2D eigenvalue weighted by Crippen LogP contribution is 2.43. The molecule has 0 aliphatic carbocycles. The molecule has 7 nitrogen and oxygen atoms in total. The molecule has 0 saturated carbocycles. The van der Waals surface area contributed by atoms with E-state index in [4.69, 9.17) is 4.74 Å². The first-order valence-corrected chi connectivity index (χ1v) is 11.4. The zero-order chi connectivity index (χ0) is 23.0. The van der Waals surface area contributed by atoms with Gasteiger partial charge in [0.1, 0.15) is 5.75 Å². The van der Waals surface area contributed by atoms with Crippen LogP contribution in [0.4, 0.5) is 17.1 Å². The van der Waals surface area contributed by atoms with Gasteiger partial charge in [0, 0.05) is 61.6 Å². The molecule has 1 aliphatic heterocycles. The minimum absolute atomic E-state index is 0.00289. The SMILES string of the molecule is CCC(=O)NSc1ccc2c(c1)N(c1cc(OC)cc3c1cc(C)c(=O)n3C)CCN2C. The fraction of sp³-hybridized carbons (Fsp3) is 0.333. The Hall–Kier alpha value is -3.13. The van der Waals surface area contributed by atoms with Crippen molar-refractivity contribution in [1.29, 1.82) is 0 Å². The molecule has 2 heterocycles. The predicted octanol–water partition coefficient (Wildman–Crippen LogP) is 3.98. The van der Waals surface area contributed by atoms with Gasteiger partial charge in [-0.2, -0.15) is 0 Å². The van der Waals surface area contributed by atoms with Gasteiger partial charge in [-0.3, -0.25) is 14.3 Å². The van der Waals surface area contributed by atoms with Crippen molar-refractivity contribution in [1.82, 2.24) is 9.29 Å². The normalized spacial score (nSPS) is 13.3. The fourth-order valence-corrected chi connectivity index (χ4v) is 4.73. The van der Waals surface area contributed by atoms with Crippen LogP contribution in [0.25, 0.3) is 10.9 Å². The Labute approximate surface area is 192 Å². The van der Waals surface area contributed by atoms with Crippen molar-refractivity contribution in [2.75, 3.05) is 37.0 Å². The molecule has 0 saturated heterocycles. The van der Waals surface area contributed by atoms with Crippen molar-refractivity contribution in [2.45, 2.75) is 25.2 Å². The van der Waals surface area contributed by atoms with E-state index < -0.39 is 0 Å². The first-order valence-electron chi connectivity index (χ1n) is 10.6. The van der Waals surface area contributed by atoms with Gasteiger partial charge in [-0.1, -0.05) is 6.92 Å². The molecule has 1 aliphatic rings. The number of carbonyl (C=O) groups is 1. The summed E-state index contributed by atoms with van der Waals surface area (Å²) in [6, 6.07) is 12.1. The topological polar surface area (TPSA) is 66.8 Å². The van der Waals surface area contributed by atoms with Gasteiger partial charge in [0.2, 0.25) is 5.91 Å². The van der Waals surface area contributed by atoms with Crippen LogP contribution in [0.3, 0.4) is 0 Å². The van der Waals surface area contributed by atoms with Gasteiger partial charge >= 0.3 is 0 Å². The zero-order valence-electron chi connectivity index (χ0n) is 19.1. The molecule has 1 aromatic heterocycles. The van der Waals surface area contributed by atoms with Crippen LogP contribution in [0.1, 0.15) is 18.9 Å². The first-order chi connectivity index (χ1) is 15.3. The smallest absolute Gasteiger partial charge is 0.253 e. The highest BCUT2D eigenvalue weighted by Gasteiger charge is 2.25. The Bertz CT molecular complexity index is 1250. The van der Waals surface area contributed by atoms with Gasteiger partial charge in [0.25, 0.3) is 5.56 Å². The summed E-state index contributed by atoms with van der Waals surface area (Å²) in [5.74, 6) is 0.699. The van der Waals surface area contributed by atoms with E-state index in [2.05, 4.69) is 33.7 Å². The molecule has 0 spiro atoms. The van der Waals surface area contributed by atoms with Crippen LogP contribution in [0.2, 0.25) is 0 Å². The van der Waals surface area contributed by atoms with Gasteiger partial charge in [-0.05, 0) is 43.1 Å². The highest BCUT2D eigenvalue weighted by molar-refractivity contribution is 7.98. The molecule has 0 radical (unpaired) electrons. The van der Waals surface area contributed by atoms with E-state index in [9.17, 15) is 9.59 Å². The van der Waals surface area contributed by atoms with E-state index in [0.29, 0.717) is 17.7 Å². The third-order valence-corrected chi connectivity index (χ3v) is 6.73. The molecular formula is C24H28N4O3S. The number of anilines is 3. The van der Waals surface area contributed by atoms with Crippen LogP contribution < -0.4 is 24.8 Å². The fourth-order valence-electron chi connectivity index (χ4n) is 4.05. The number of aromatic nitrogens is 1. The second kappa shape index (κ2) is 8.78. The third kappa shape index (κ3) is 3.90. The number of ether oxygens (including phenoxy) is 1. The number of likely N-dealkylation sites (N-methyl/N-ethyl adjacent to an activating group) is 1. The van der Waals surface area contributed by atoms with Gasteiger partial charge < -0.3 is 19.1 Å². The van der Waals surface area contributed by atoms with E-state index in [1.807, 2.05) is 38.1 Å². The molecule has 0 atom stereocenters. The van der Waals surface area contributed by atoms with Crippen molar-refractivity contribution in [2.24, 2.45) is 7.05 Å². The van der Waals surface area contributed by atoms with Crippen LogP contribution in [0.5, 0.6) is 5.75 Å². The van der Waals surface area contributed by atoms with Gasteiger partial charge in [0.15, 0.2) is 0 Å². The standard InChI is InChI=1S/C24H28N4O3S/c1-6-23(29)25-32-17-7-8-19-22(14-17)28(10-9-26(19)3)21-13-16(31-5)12-20-18(21)11-15(2)24(30)27(20)4/h7-8,11-14H,6,9-10H2,1-5H3,(H,25,29). The summed E-state index contributed by atoms with van der Waals surface area (Å²) in [6.07, 6.45) is 0.445. The van der Waals surface area contributed by atoms with Crippen LogP contribution in [-0.2, 0) is 11.8 Å². The maximum atomic E-state index is 12.6. The number of amides is 1. The van der Waals surface area contributed by atoms with Crippen molar-refractivity contribution in [3.05, 3.63) is 52.3 Å². The minimum atomic E-state index is -0.0131. The van der Waals surface area contributed by atoms with E-state index in [1.165, 1.54) is 11.9 Å². The molecule has 1 N–H and O–H groups in total. The van der Waals surface area contributed by atoms with Crippen molar-refractivity contribution in [3.63, 3.8) is 0 Å². The molecule has 8 heteroatoms. The highest BCUT2D eigenvalue weighted by atomic mass is 32.2. The number of rotatable bonds is 5. The Balaban J connectivity index is 1.89. The summed E-state index contributed by atoms with van der Waals surface area (Å²) in [5, 5.41) is 0.998. The quantitative estimate of drug-likeness (QED) is 0.591. The second-order valence-corrected chi connectivity index (χ2v) is 8.86. The summed E-state index contributed by atoms with van der Waals surface area (Å²) < 4.78 is 10.1. The summed E-state index contributed by atoms with van der Waals surface area (Å²) in [7, 11) is 5.52. The number of hydrogen-bond donors (Lipinski definition) is 1. The number of nitrogens with zero attached hydrogens (tertiary/aromatic N) is 3. The van der Waals surface area contributed by atoms with Crippen LogP contribution >= 0.6 is 11.9 Å². The van der Waals surface area contributed by atoms with Crippen LogP contribution in [0, 0.1) is 6.92 Å². The van der Waals surface area contributed by atoms with Crippen molar-refractivity contribution >= 4 is 45.8 Å². The number of aryl methyl sites for hydroxylation is 2. The lowest BCUT2D eigenvalue weighted by Gasteiger charge is -2.38. The Kier molecular flexibility index (Phi) is 6.06. The molecule has 1 amide bonds. The van der Waals surface area contributed by atoms with Crippen LogP contribution in [0.15, 0.2) is 46.1 Å². The van der Waals surface area contributed by atoms with E-state index in [1.54, 1.807) is 18.7 Å². The average molecular weight is 453 g/mol. The summed E-state index contributed by atoms with van der Waals surface area (Å²) in [4.78, 5) is 29.8. The molecule has 4 rings (SSSR count). The summed E-state index contributed by atoms with van der Waals surface area (Å²) in [6.45, 7) is 5.32. The summed E-state index contributed by atoms with van der Waals surface area (Å²) >= 11 is 1.33. The van der Waals surface area contributed by atoms with Gasteiger partial charge in [-0.15, -0.1) is 0 Å². The lowest BCUT2D eigenvalue weighted by Crippen LogP contribution is -2.36. The molecule has 3 aromatic rings. The number of hydrogen-bond acceptors (Lipinski definition) is 6. The lowest BCUT2D eigenvalue weighted by molar-refractivity contribution is -0.118.